The van der Waals surface area contributed by atoms with Gasteiger partial charge in [-0.2, -0.15) is 0 Å². The van der Waals surface area contributed by atoms with Crippen molar-refractivity contribution in [2.75, 3.05) is 0 Å². The lowest BCUT2D eigenvalue weighted by molar-refractivity contribution is -0.126. The summed E-state index contributed by atoms with van der Waals surface area (Å²) in [7, 11) is 0. The van der Waals surface area contributed by atoms with E-state index in [1.807, 2.05) is 6.92 Å². The molecule has 4 aliphatic rings. The first kappa shape index (κ1) is 14.0. The van der Waals surface area contributed by atoms with Crippen molar-refractivity contribution in [1.29, 1.82) is 0 Å². The van der Waals surface area contributed by atoms with Gasteiger partial charge in [-0.15, -0.1) is 10.2 Å². The van der Waals surface area contributed by atoms with Gasteiger partial charge in [-0.25, -0.2) is 0 Å². The van der Waals surface area contributed by atoms with Gasteiger partial charge in [-0.1, -0.05) is 23.1 Å². The minimum absolute atomic E-state index is 0.0917. The normalized spacial score (nSPS) is 38.4. The highest BCUT2D eigenvalue weighted by Crippen LogP contribution is 2.55. The van der Waals surface area contributed by atoms with Gasteiger partial charge >= 0.3 is 0 Å². The molecule has 4 nitrogen and oxygen atoms in total. The van der Waals surface area contributed by atoms with Gasteiger partial charge in [0.15, 0.2) is 4.34 Å². The smallest absolute Gasteiger partial charge is 0.233 e. The molecule has 0 aromatic carbocycles. The van der Waals surface area contributed by atoms with Crippen LogP contribution >= 0.6 is 23.1 Å². The lowest BCUT2D eigenvalue weighted by atomic mass is 9.53. The third-order valence-electron chi connectivity index (χ3n) is 5.41. The van der Waals surface area contributed by atoms with Crippen LogP contribution < -0.4 is 5.32 Å². The first-order valence-electron chi connectivity index (χ1n) is 7.87. The van der Waals surface area contributed by atoms with Crippen LogP contribution in [0.1, 0.15) is 45.4 Å². The van der Waals surface area contributed by atoms with E-state index in [2.05, 4.69) is 15.5 Å². The van der Waals surface area contributed by atoms with Crippen LogP contribution in [0.25, 0.3) is 0 Å². The lowest BCUT2D eigenvalue weighted by Gasteiger charge is -2.57. The van der Waals surface area contributed by atoms with E-state index in [0.29, 0.717) is 0 Å². The molecule has 0 saturated heterocycles. The molecule has 1 unspecified atom stereocenters. The first-order chi connectivity index (χ1) is 10.1. The molecule has 4 fully saturated rings. The number of thioether (sulfide) groups is 1. The predicted octanol–water partition coefficient (Wildman–Crippen LogP) is 3.10. The summed E-state index contributed by atoms with van der Waals surface area (Å²) in [6.45, 7) is 1.97. The monoisotopic (exact) mass is 323 g/mol. The zero-order valence-electron chi connectivity index (χ0n) is 12.2. The molecule has 4 aliphatic carbocycles. The zero-order chi connectivity index (χ0) is 14.4. The van der Waals surface area contributed by atoms with Crippen molar-refractivity contribution in [2.24, 2.45) is 17.8 Å². The summed E-state index contributed by atoms with van der Waals surface area (Å²) >= 11 is 3.02. The molecule has 0 aliphatic heterocycles. The van der Waals surface area contributed by atoms with E-state index >= 15 is 0 Å². The quantitative estimate of drug-likeness (QED) is 0.865. The Labute approximate surface area is 133 Å². The molecule has 0 spiro atoms. The van der Waals surface area contributed by atoms with Crippen molar-refractivity contribution in [3.8, 4) is 0 Å². The number of hydrogen-bond donors (Lipinski definition) is 1. The standard InChI is InChI=1S/C15H21N3OS2/c1-9(21-14-18-16-8-20-14)13(19)17-15-5-10-2-11(6-15)4-12(3-10)7-15/h8-12H,2-7H2,1H3,(H,17,19). The van der Waals surface area contributed by atoms with Crippen molar-refractivity contribution in [3.05, 3.63) is 5.51 Å². The number of amides is 1. The molecule has 1 N–H and O–H groups in total. The van der Waals surface area contributed by atoms with Gasteiger partial charge < -0.3 is 5.32 Å². The maximum Gasteiger partial charge on any atom is 0.233 e. The van der Waals surface area contributed by atoms with Gasteiger partial charge in [0.1, 0.15) is 5.51 Å². The van der Waals surface area contributed by atoms with Crippen LogP contribution in [0, 0.1) is 17.8 Å². The second-order valence-electron chi connectivity index (χ2n) is 7.15. The van der Waals surface area contributed by atoms with Gasteiger partial charge in [-0.05, 0) is 63.2 Å². The lowest BCUT2D eigenvalue weighted by Crippen LogP contribution is -2.60. The number of nitrogens with one attached hydrogen (secondary N) is 1. The van der Waals surface area contributed by atoms with E-state index < -0.39 is 0 Å². The second-order valence-corrected chi connectivity index (χ2v) is 9.57. The van der Waals surface area contributed by atoms with E-state index in [1.54, 1.807) is 5.51 Å². The average molecular weight is 323 g/mol. The second kappa shape index (κ2) is 5.23. The van der Waals surface area contributed by atoms with Crippen molar-refractivity contribution in [3.63, 3.8) is 0 Å². The Balaban J connectivity index is 1.42. The van der Waals surface area contributed by atoms with E-state index in [9.17, 15) is 4.79 Å². The van der Waals surface area contributed by atoms with Crippen molar-refractivity contribution in [2.45, 2.75) is 60.6 Å². The molecule has 4 saturated carbocycles. The van der Waals surface area contributed by atoms with Crippen molar-refractivity contribution in [1.82, 2.24) is 15.5 Å². The maximum atomic E-state index is 12.6. The molecule has 114 valence electrons. The Kier molecular flexibility index (Phi) is 3.49. The Bertz CT molecular complexity index is 496. The molecule has 1 heterocycles. The van der Waals surface area contributed by atoms with Crippen LogP contribution in [0.5, 0.6) is 0 Å². The molecule has 21 heavy (non-hydrogen) atoms. The third kappa shape index (κ3) is 2.72. The highest BCUT2D eigenvalue weighted by molar-refractivity contribution is 8.02. The van der Waals surface area contributed by atoms with Crippen LogP contribution in [0.4, 0.5) is 0 Å². The Morgan fingerprint density at radius 2 is 1.95 bits per heavy atom. The van der Waals surface area contributed by atoms with Crippen LogP contribution in [-0.2, 0) is 4.79 Å². The fraction of sp³-hybridized carbons (Fsp3) is 0.800. The SMILES string of the molecule is CC(Sc1nncs1)C(=O)NC12CC3CC(CC(C3)C1)C2. The highest BCUT2D eigenvalue weighted by atomic mass is 32.2. The Morgan fingerprint density at radius 3 is 2.48 bits per heavy atom. The van der Waals surface area contributed by atoms with E-state index in [1.165, 1.54) is 61.6 Å². The van der Waals surface area contributed by atoms with E-state index in [0.717, 1.165) is 22.1 Å². The van der Waals surface area contributed by atoms with Gasteiger partial charge in [-0.3, -0.25) is 4.79 Å². The molecule has 5 rings (SSSR count). The summed E-state index contributed by atoms with van der Waals surface area (Å²) in [5, 5.41) is 11.2. The number of carbonyl (C=O) groups excluding carboxylic acids is 1. The van der Waals surface area contributed by atoms with E-state index in [4.69, 9.17) is 0 Å². The maximum absolute atomic E-state index is 12.6. The summed E-state index contributed by atoms with van der Waals surface area (Å²) in [6, 6.07) is 0. The van der Waals surface area contributed by atoms with Crippen LogP contribution in [0.2, 0.25) is 0 Å². The van der Waals surface area contributed by atoms with Crippen LogP contribution in [0.15, 0.2) is 9.85 Å². The summed E-state index contributed by atoms with van der Waals surface area (Å²) < 4.78 is 0.878. The van der Waals surface area contributed by atoms with Crippen molar-refractivity contribution >= 4 is 29.0 Å². The van der Waals surface area contributed by atoms with Crippen LogP contribution in [-0.4, -0.2) is 26.9 Å². The predicted molar refractivity (Wildman–Crippen MR) is 84.3 cm³/mol. The molecule has 6 heteroatoms. The van der Waals surface area contributed by atoms with Crippen LogP contribution in [0.3, 0.4) is 0 Å². The van der Waals surface area contributed by atoms with Gasteiger partial charge in [0, 0.05) is 5.54 Å². The molecule has 1 atom stereocenters. The molecule has 1 amide bonds. The average Bonchev–Trinajstić information content (AvgIpc) is 2.89. The minimum Gasteiger partial charge on any atom is -0.350 e. The number of aromatic nitrogens is 2. The molecule has 4 bridgehead atoms. The summed E-state index contributed by atoms with van der Waals surface area (Å²) in [6.07, 6.45) is 7.85. The highest BCUT2D eigenvalue weighted by Gasteiger charge is 2.51. The van der Waals surface area contributed by atoms with E-state index in [-0.39, 0.29) is 16.7 Å². The Hall–Kier alpha value is -0.620. The third-order valence-corrected chi connectivity index (χ3v) is 7.32. The summed E-state index contributed by atoms with van der Waals surface area (Å²) in [4.78, 5) is 12.6. The Morgan fingerprint density at radius 1 is 1.33 bits per heavy atom. The number of rotatable bonds is 4. The molecule has 0 radical (unpaired) electrons. The number of hydrogen-bond acceptors (Lipinski definition) is 5. The molecular formula is C15H21N3OS2. The topological polar surface area (TPSA) is 54.9 Å². The minimum atomic E-state index is -0.0917. The fourth-order valence-corrected chi connectivity index (χ4v) is 6.67. The molecule has 1 aromatic rings. The largest absolute Gasteiger partial charge is 0.350 e. The van der Waals surface area contributed by atoms with Gasteiger partial charge in [0.2, 0.25) is 5.91 Å². The van der Waals surface area contributed by atoms with Crippen molar-refractivity contribution < 1.29 is 4.79 Å². The first-order valence-corrected chi connectivity index (χ1v) is 9.63. The zero-order valence-corrected chi connectivity index (χ0v) is 13.9. The van der Waals surface area contributed by atoms with Gasteiger partial charge in [0.05, 0.1) is 5.25 Å². The summed E-state index contributed by atoms with van der Waals surface area (Å²) in [5.41, 5.74) is 1.83. The molecular weight excluding hydrogens is 302 g/mol. The summed E-state index contributed by atoms with van der Waals surface area (Å²) in [5.74, 6) is 2.77. The van der Waals surface area contributed by atoms with Gasteiger partial charge in [0.25, 0.3) is 0 Å². The number of carbonyl (C=O) groups is 1. The number of nitrogens with zero attached hydrogens (tertiary/aromatic N) is 2. The fourth-order valence-electron chi connectivity index (χ4n) is 5.05. The molecule has 1 aromatic heterocycles.